The molecule has 2 aromatic carbocycles. The lowest BCUT2D eigenvalue weighted by atomic mass is 10.1. The molecule has 0 saturated carbocycles. The van der Waals surface area contributed by atoms with Gasteiger partial charge in [-0.05, 0) is 96.8 Å². The molecule has 208 valence electrons. The third-order valence-electron chi connectivity index (χ3n) is 4.78. The first-order chi connectivity index (χ1) is 17.1. The van der Waals surface area contributed by atoms with E-state index in [1.54, 1.807) is 6.07 Å². The fraction of sp³-hybridized carbons (Fsp3) is 0.444. The SMILES string of the molecule is C[Si](C)(C)Oc1cc(O)c2c(=O)c(O[Si](C)(C)C)c(-c3ccc(O[Si](C)(C)C)c(O[Si](C)(C)C)c3)oc2c1. The number of hydrogen-bond donors (Lipinski definition) is 1. The highest BCUT2D eigenvalue weighted by Crippen LogP contribution is 2.41. The van der Waals surface area contributed by atoms with Crippen LogP contribution in [0.15, 0.2) is 39.5 Å². The van der Waals surface area contributed by atoms with E-state index in [9.17, 15) is 9.90 Å². The molecule has 0 amide bonds. The van der Waals surface area contributed by atoms with E-state index in [0.717, 1.165) is 0 Å². The normalized spacial score (nSPS) is 12.9. The minimum atomic E-state index is -2.24. The lowest BCUT2D eigenvalue weighted by Gasteiger charge is -2.26. The molecule has 0 aliphatic rings. The zero-order chi connectivity index (χ0) is 28.8. The van der Waals surface area contributed by atoms with Crippen molar-refractivity contribution in [3.63, 3.8) is 0 Å². The molecule has 0 radical (unpaired) electrons. The average molecular weight is 591 g/mol. The van der Waals surface area contributed by atoms with E-state index in [1.807, 2.05) is 57.5 Å². The molecular formula is C27H42O7Si4. The summed E-state index contributed by atoms with van der Waals surface area (Å²) in [7, 11) is -8.13. The van der Waals surface area contributed by atoms with Crippen LogP contribution in [0.4, 0.5) is 0 Å². The number of rotatable bonds is 9. The number of hydrogen-bond acceptors (Lipinski definition) is 7. The van der Waals surface area contributed by atoms with E-state index < -0.39 is 38.7 Å². The second-order valence-electron chi connectivity index (χ2n) is 13.4. The summed E-state index contributed by atoms with van der Waals surface area (Å²) >= 11 is 0. The smallest absolute Gasteiger partial charge is 0.242 e. The van der Waals surface area contributed by atoms with Gasteiger partial charge >= 0.3 is 0 Å². The van der Waals surface area contributed by atoms with Gasteiger partial charge in [0.05, 0.1) is 0 Å². The van der Waals surface area contributed by atoms with E-state index in [2.05, 4.69) is 39.3 Å². The molecule has 0 bridgehead atoms. The first-order valence-corrected chi connectivity index (χ1v) is 26.5. The van der Waals surface area contributed by atoms with Crippen molar-refractivity contribution in [1.29, 1.82) is 0 Å². The second kappa shape index (κ2) is 10.2. The Morgan fingerprint density at radius 1 is 0.658 bits per heavy atom. The molecule has 1 N–H and O–H groups in total. The molecule has 11 heteroatoms. The summed E-state index contributed by atoms with van der Waals surface area (Å²) in [6.07, 6.45) is 0. The molecule has 3 rings (SSSR count). The van der Waals surface area contributed by atoms with Crippen LogP contribution in [0.1, 0.15) is 0 Å². The van der Waals surface area contributed by atoms with Gasteiger partial charge in [-0.1, -0.05) is 0 Å². The first kappa shape index (κ1) is 30.1. The van der Waals surface area contributed by atoms with E-state index in [1.165, 1.54) is 6.07 Å². The Bertz CT molecular complexity index is 1390. The van der Waals surface area contributed by atoms with Gasteiger partial charge in [-0.15, -0.1) is 0 Å². The van der Waals surface area contributed by atoms with Crippen molar-refractivity contribution in [1.82, 2.24) is 0 Å². The summed E-state index contributed by atoms with van der Waals surface area (Å²) in [4.78, 5) is 13.8. The van der Waals surface area contributed by atoms with Crippen molar-refractivity contribution in [3.05, 3.63) is 40.6 Å². The van der Waals surface area contributed by atoms with Crippen LogP contribution in [0.3, 0.4) is 0 Å². The number of benzene rings is 2. The summed E-state index contributed by atoms with van der Waals surface area (Å²) in [6, 6.07) is 8.72. The van der Waals surface area contributed by atoms with Gasteiger partial charge in [-0.25, -0.2) is 0 Å². The van der Waals surface area contributed by atoms with Gasteiger partial charge in [-0.2, -0.15) is 0 Å². The molecule has 1 aromatic heterocycles. The second-order valence-corrected chi connectivity index (χ2v) is 31.1. The van der Waals surface area contributed by atoms with Crippen LogP contribution < -0.4 is 23.1 Å². The molecule has 7 nitrogen and oxygen atoms in total. The van der Waals surface area contributed by atoms with Gasteiger partial charge in [0.15, 0.2) is 11.5 Å². The Labute approximate surface area is 230 Å². The molecule has 0 unspecified atom stereocenters. The van der Waals surface area contributed by atoms with E-state index in [0.29, 0.717) is 22.8 Å². The van der Waals surface area contributed by atoms with Crippen molar-refractivity contribution in [2.24, 2.45) is 0 Å². The topological polar surface area (TPSA) is 87.4 Å². The number of phenolic OH excluding ortho intramolecular Hbond substituents is 1. The molecule has 0 aliphatic carbocycles. The Balaban J connectivity index is 2.33. The molecule has 0 aliphatic heterocycles. The maximum absolute atomic E-state index is 13.8. The first-order valence-electron chi connectivity index (χ1n) is 12.9. The highest BCUT2D eigenvalue weighted by atomic mass is 28.4. The van der Waals surface area contributed by atoms with Crippen molar-refractivity contribution in [2.45, 2.75) is 78.6 Å². The van der Waals surface area contributed by atoms with Crippen LogP contribution in [0.25, 0.3) is 22.3 Å². The van der Waals surface area contributed by atoms with Gasteiger partial charge < -0.3 is 27.2 Å². The fourth-order valence-corrected chi connectivity index (χ4v) is 7.00. The Hall–Kier alpha value is -2.48. The minimum Gasteiger partial charge on any atom is -0.544 e. The van der Waals surface area contributed by atoms with Crippen molar-refractivity contribution >= 4 is 44.2 Å². The fourth-order valence-electron chi connectivity index (χ4n) is 3.73. The highest BCUT2D eigenvalue weighted by molar-refractivity contribution is 6.71. The van der Waals surface area contributed by atoms with Gasteiger partial charge in [-0.3, -0.25) is 4.79 Å². The number of fused-ring (bicyclic) bond motifs is 1. The number of aromatic hydroxyl groups is 1. The Kier molecular flexibility index (Phi) is 8.11. The Morgan fingerprint density at radius 2 is 1.18 bits per heavy atom. The van der Waals surface area contributed by atoms with Crippen molar-refractivity contribution in [3.8, 4) is 40.1 Å². The van der Waals surface area contributed by atoms with Gasteiger partial charge in [0.1, 0.15) is 34.0 Å². The Morgan fingerprint density at radius 3 is 1.71 bits per heavy atom. The molecule has 0 spiro atoms. The molecule has 0 atom stereocenters. The highest BCUT2D eigenvalue weighted by Gasteiger charge is 2.29. The van der Waals surface area contributed by atoms with E-state index >= 15 is 0 Å². The third kappa shape index (κ3) is 8.01. The molecule has 3 aromatic rings. The van der Waals surface area contributed by atoms with Crippen LogP contribution in [0, 0.1) is 0 Å². The van der Waals surface area contributed by atoms with E-state index in [4.69, 9.17) is 22.1 Å². The van der Waals surface area contributed by atoms with Crippen LogP contribution in [-0.4, -0.2) is 38.4 Å². The summed E-state index contributed by atoms with van der Waals surface area (Å²) in [5, 5.41) is 10.9. The van der Waals surface area contributed by atoms with E-state index in [-0.39, 0.29) is 28.2 Å². The van der Waals surface area contributed by atoms with Crippen molar-refractivity contribution in [2.75, 3.05) is 0 Å². The zero-order valence-corrected chi connectivity index (χ0v) is 28.8. The summed E-state index contributed by atoms with van der Waals surface area (Å²) in [6.45, 7) is 24.8. The van der Waals surface area contributed by atoms with Crippen molar-refractivity contribution < 1.29 is 27.2 Å². The summed E-state index contributed by atoms with van der Waals surface area (Å²) in [5.74, 6) is 1.93. The predicted molar refractivity (Wildman–Crippen MR) is 165 cm³/mol. The van der Waals surface area contributed by atoms with Crippen LogP contribution in [0.5, 0.6) is 28.7 Å². The molecule has 1 heterocycles. The minimum absolute atomic E-state index is 0.0715. The van der Waals surface area contributed by atoms with Gasteiger partial charge in [0.25, 0.3) is 0 Å². The molecule has 0 saturated heterocycles. The molecular weight excluding hydrogens is 549 g/mol. The zero-order valence-electron chi connectivity index (χ0n) is 24.8. The largest absolute Gasteiger partial charge is 0.544 e. The number of phenols is 1. The standard InChI is InChI=1S/C27H42O7Si4/c1-35(2,3)31-19-16-20(28)24-23(17-19)30-26(27(25(24)29)34-38(10,11)12)18-13-14-21(32-36(4,5)6)22(15-18)33-37(7,8)9/h13-17,28H,1-12H3. The van der Waals surface area contributed by atoms with Gasteiger partial charge in [0.2, 0.25) is 38.7 Å². The van der Waals surface area contributed by atoms with Crippen LogP contribution in [-0.2, 0) is 0 Å². The van der Waals surface area contributed by atoms with Crippen LogP contribution >= 0.6 is 0 Å². The predicted octanol–water partition coefficient (Wildman–Crippen LogP) is 8.02. The average Bonchev–Trinajstić information content (AvgIpc) is 2.66. The summed E-state index contributed by atoms with van der Waals surface area (Å²) < 4.78 is 31.5. The summed E-state index contributed by atoms with van der Waals surface area (Å²) in [5.41, 5.74) is 0.441. The molecule has 0 fully saturated rings. The monoisotopic (exact) mass is 590 g/mol. The third-order valence-corrected chi connectivity index (χ3v) is 8.11. The quantitative estimate of drug-likeness (QED) is 0.252. The lowest BCUT2D eigenvalue weighted by molar-refractivity contribution is 0.469. The van der Waals surface area contributed by atoms with Crippen LogP contribution in [0.2, 0.25) is 78.6 Å². The maximum Gasteiger partial charge on any atom is 0.242 e. The van der Waals surface area contributed by atoms with Gasteiger partial charge in [0, 0.05) is 17.7 Å². The lowest BCUT2D eigenvalue weighted by Crippen LogP contribution is -2.32. The molecule has 38 heavy (non-hydrogen) atoms. The maximum atomic E-state index is 13.8.